The molecule has 10 heteroatoms. The van der Waals surface area contributed by atoms with Gasteiger partial charge in [-0.2, -0.15) is 23.1 Å². The number of benzene rings is 1. The molecule has 0 fully saturated rings. The van der Waals surface area contributed by atoms with Gasteiger partial charge in [0, 0.05) is 17.0 Å². The lowest BCUT2D eigenvalue weighted by Gasteiger charge is -2.28. The Labute approximate surface area is 173 Å². The summed E-state index contributed by atoms with van der Waals surface area (Å²) in [5, 5.41) is 0. The molecular weight excluding hydrogens is 417 g/mol. The van der Waals surface area contributed by atoms with Crippen molar-refractivity contribution in [2.45, 2.75) is 33.1 Å². The lowest BCUT2D eigenvalue weighted by atomic mass is 9.97. The summed E-state index contributed by atoms with van der Waals surface area (Å²) in [6.45, 7) is 3.90. The summed E-state index contributed by atoms with van der Waals surface area (Å²) in [6, 6.07) is 7.96. The second-order valence-electron chi connectivity index (χ2n) is 7.14. The van der Waals surface area contributed by atoms with Crippen LogP contribution in [0.15, 0.2) is 35.1 Å². The summed E-state index contributed by atoms with van der Waals surface area (Å²) >= 11 is 0.583. The Morgan fingerprint density at radius 1 is 1.07 bits per heavy atom. The average Bonchev–Trinajstić information content (AvgIpc) is 3.14. The van der Waals surface area contributed by atoms with E-state index in [-0.39, 0.29) is 24.8 Å². The van der Waals surface area contributed by atoms with Crippen LogP contribution in [0.25, 0.3) is 0 Å². The third-order valence-corrected chi connectivity index (χ3v) is 5.99. The average molecular weight is 434 g/mol. The third kappa shape index (κ3) is 3.87. The summed E-state index contributed by atoms with van der Waals surface area (Å²) in [6.07, 6.45) is -4.42. The van der Waals surface area contributed by atoms with E-state index in [1.54, 1.807) is 11.8 Å². The molecule has 0 atom stereocenters. The van der Waals surface area contributed by atoms with Crippen molar-refractivity contribution in [3.8, 4) is 0 Å². The van der Waals surface area contributed by atoms with E-state index in [1.165, 1.54) is 10.6 Å². The molecule has 30 heavy (non-hydrogen) atoms. The Morgan fingerprint density at radius 3 is 2.50 bits per heavy atom. The zero-order valence-electron chi connectivity index (χ0n) is 16.2. The number of thiophene rings is 1. The summed E-state index contributed by atoms with van der Waals surface area (Å²) < 4.78 is 39.6. The number of fused-ring (bicyclic) bond motifs is 1. The molecule has 3 heterocycles. The second-order valence-corrected chi connectivity index (χ2v) is 8.31. The molecule has 1 aliphatic heterocycles. The van der Waals surface area contributed by atoms with E-state index in [4.69, 9.17) is 0 Å². The first-order valence-electron chi connectivity index (χ1n) is 9.11. The van der Waals surface area contributed by atoms with E-state index < -0.39 is 16.7 Å². The number of aryl methyl sites for hydroxylation is 2. The predicted octanol–water partition coefficient (Wildman–Crippen LogP) is 3.59. The molecule has 3 aromatic rings. The van der Waals surface area contributed by atoms with Crippen molar-refractivity contribution >= 4 is 23.1 Å². The fourth-order valence-electron chi connectivity index (χ4n) is 3.36. The van der Waals surface area contributed by atoms with Crippen LogP contribution < -0.4 is 10.6 Å². The maximum absolute atomic E-state index is 12.8. The van der Waals surface area contributed by atoms with Crippen LogP contribution in [0.4, 0.5) is 19.1 Å². The molecule has 0 N–H and O–H groups in total. The third-order valence-electron chi connectivity index (χ3n) is 4.88. The Hall–Kier alpha value is -3.01. The van der Waals surface area contributed by atoms with Crippen molar-refractivity contribution in [1.29, 1.82) is 0 Å². The highest BCUT2D eigenvalue weighted by Crippen LogP contribution is 2.34. The van der Waals surface area contributed by atoms with Gasteiger partial charge >= 0.3 is 11.9 Å². The van der Waals surface area contributed by atoms with Crippen LogP contribution in [0.3, 0.4) is 0 Å². The van der Waals surface area contributed by atoms with Gasteiger partial charge in [0.1, 0.15) is 10.7 Å². The normalized spacial score (nSPS) is 14.2. The molecule has 6 nitrogen and oxygen atoms in total. The predicted molar refractivity (Wildman–Crippen MR) is 106 cm³/mol. The molecular formula is C20H17F3N4O2S. The summed E-state index contributed by atoms with van der Waals surface area (Å²) in [7, 11) is 0. The number of halogens is 3. The van der Waals surface area contributed by atoms with Crippen molar-refractivity contribution in [2.24, 2.45) is 0 Å². The van der Waals surface area contributed by atoms with Crippen LogP contribution in [0.5, 0.6) is 0 Å². The fraction of sp³-hybridized carbons (Fsp3) is 0.300. The minimum absolute atomic E-state index is 0.0489. The zero-order chi connectivity index (χ0) is 21.6. The monoisotopic (exact) mass is 434 g/mol. The number of rotatable bonds is 3. The first-order valence-corrected chi connectivity index (χ1v) is 9.92. The van der Waals surface area contributed by atoms with Gasteiger partial charge in [-0.1, -0.05) is 17.7 Å². The smallest absolute Gasteiger partial charge is 0.329 e. The molecule has 0 amide bonds. The van der Waals surface area contributed by atoms with Crippen LogP contribution in [0, 0.1) is 13.8 Å². The highest BCUT2D eigenvalue weighted by molar-refractivity contribution is 7.12. The Morgan fingerprint density at radius 2 is 1.83 bits per heavy atom. The molecule has 0 radical (unpaired) electrons. The minimum Gasteiger partial charge on any atom is -0.329 e. The van der Waals surface area contributed by atoms with Crippen molar-refractivity contribution in [1.82, 2.24) is 14.5 Å². The summed E-state index contributed by atoms with van der Waals surface area (Å²) in [5.41, 5.74) is 1.86. The number of nitrogens with zero attached hydrogens (tertiary/aromatic N) is 4. The van der Waals surface area contributed by atoms with Gasteiger partial charge in [-0.05, 0) is 37.6 Å². The van der Waals surface area contributed by atoms with Gasteiger partial charge in [0.05, 0.1) is 13.1 Å². The Bertz CT molecular complexity index is 1200. The number of carbonyl (C=O) groups is 1. The molecule has 0 unspecified atom stereocenters. The molecule has 0 saturated carbocycles. The molecule has 2 aromatic heterocycles. The topological polar surface area (TPSA) is 68.1 Å². The van der Waals surface area contributed by atoms with Crippen LogP contribution in [-0.4, -0.2) is 26.9 Å². The van der Waals surface area contributed by atoms with Gasteiger partial charge in [-0.15, -0.1) is 11.3 Å². The van der Waals surface area contributed by atoms with E-state index in [1.807, 2.05) is 25.1 Å². The standard InChI is InChI=1S/C20H17F3N4O2S/c1-11-3-4-13-8-26(10-16(28)15(13)7-11)18-24-12(2)27(19(29)25-18)9-14-5-6-17(30-14)20(21,22)23/h3-7H,8-10H2,1-2H3. The van der Waals surface area contributed by atoms with Gasteiger partial charge in [0.25, 0.3) is 0 Å². The first-order chi connectivity index (χ1) is 14.1. The number of hydrogen-bond donors (Lipinski definition) is 0. The van der Waals surface area contributed by atoms with Crippen LogP contribution in [-0.2, 0) is 19.3 Å². The molecule has 1 aliphatic rings. The lowest BCUT2D eigenvalue weighted by molar-refractivity contribution is -0.134. The van der Waals surface area contributed by atoms with E-state index in [0.29, 0.717) is 34.1 Å². The summed E-state index contributed by atoms with van der Waals surface area (Å²) in [5.74, 6) is 0.369. The maximum atomic E-state index is 12.8. The highest BCUT2D eigenvalue weighted by Gasteiger charge is 2.32. The second kappa shape index (κ2) is 7.35. The van der Waals surface area contributed by atoms with Gasteiger partial charge < -0.3 is 4.90 Å². The molecule has 4 rings (SSSR count). The molecule has 0 saturated heterocycles. The van der Waals surface area contributed by atoms with Gasteiger partial charge in [-0.3, -0.25) is 9.36 Å². The number of hydrogen-bond acceptors (Lipinski definition) is 6. The van der Waals surface area contributed by atoms with Crippen molar-refractivity contribution in [3.63, 3.8) is 0 Å². The first kappa shape index (κ1) is 20.3. The lowest BCUT2D eigenvalue weighted by Crippen LogP contribution is -2.39. The Kier molecular flexibility index (Phi) is 4.97. The van der Waals surface area contributed by atoms with Gasteiger partial charge in [0.15, 0.2) is 5.78 Å². The number of aromatic nitrogens is 3. The van der Waals surface area contributed by atoms with Gasteiger partial charge in [0.2, 0.25) is 5.95 Å². The van der Waals surface area contributed by atoms with Crippen molar-refractivity contribution in [2.75, 3.05) is 11.4 Å². The zero-order valence-corrected chi connectivity index (χ0v) is 17.0. The quantitative estimate of drug-likeness (QED) is 0.630. The Balaban J connectivity index is 1.60. The number of alkyl halides is 3. The molecule has 0 spiro atoms. The van der Waals surface area contributed by atoms with Crippen molar-refractivity contribution < 1.29 is 18.0 Å². The minimum atomic E-state index is -4.42. The van der Waals surface area contributed by atoms with E-state index in [9.17, 15) is 22.8 Å². The summed E-state index contributed by atoms with van der Waals surface area (Å²) in [4.78, 5) is 34.7. The molecule has 0 aliphatic carbocycles. The van der Waals surface area contributed by atoms with Crippen LogP contribution in [0.2, 0.25) is 0 Å². The van der Waals surface area contributed by atoms with E-state index in [2.05, 4.69) is 9.97 Å². The number of anilines is 1. The number of Topliss-reactive ketones (excluding diaryl/α,β-unsaturated/α-hetero) is 1. The molecule has 1 aromatic carbocycles. The van der Waals surface area contributed by atoms with E-state index in [0.717, 1.165) is 17.2 Å². The number of carbonyl (C=O) groups excluding carboxylic acids is 1. The van der Waals surface area contributed by atoms with Gasteiger partial charge in [-0.25, -0.2) is 4.79 Å². The van der Waals surface area contributed by atoms with E-state index >= 15 is 0 Å². The van der Waals surface area contributed by atoms with Crippen LogP contribution in [0.1, 0.15) is 37.1 Å². The van der Waals surface area contributed by atoms with Crippen LogP contribution >= 0.6 is 11.3 Å². The molecule has 156 valence electrons. The highest BCUT2D eigenvalue weighted by atomic mass is 32.1. The molecule has 0 bridgehead atoms. The van der Waals surface area contributed by atoms with Crippen molar-refractivity contribution in [3.05, 3.63) is 73.1 Å². The largest absolute Gasteiger partial charge is 0.425 e. The SMILES string of the molecule is Cc1ccc2c(c1)C(=O)CN(c1nc(C)n(Cc3ccc(C(F)(F)F)s3)c(=O)n1)C2. The number of ketones is 1. The fourth-order valence-corrected chi connectivity index (χ4v) is 4.22. The maximum Gasteiger partial charge on any atom is 0.425 e.